The van der Waals surface area contributed by atoms with Crippen molar-refractivity contribution in [3.63, 3.8) is 0 Å². The maximum atomic E-state index is 12.9. The highest BCUT2D eigenvalue weighted by Gasteiger charge is 2.37. The molecule has 0 spiro atoms. The molecule has 1 aliphatic heterocycles. The molecule has 0 atom stereocenters. The van der Waals surface area contributed by atoms with Gasteiger partial charge < -0.3 is 5.32 Å². The lowest BCUT2D eigenvalue weighted by atomic mass is 10.0. The van der Waals surface area contributed by atoms with Crippen molar-refractivity contribution in [1.82, 2.24) is 5.32 Å². The first-order chi connectivity index (χ1) is 14.3. The molecule has 162 valence electrons. The Balaban J connectivity index is 1.82. The van der Waals surface area contributed by atoms with Crippen LogP contribution in [-0.2, 0) is 17.1 Å². The van der Waals surface area contributed by atoms with E-state index < -0.39 is 46.1 Å². The molecule has 0 aromatic heterocycles. The summed E-state index contributed by atoms with van der Waals surface area (Å²) in [5.74, 6) is -1.74. The summed E-state index contributed by atoms with van der Waals surface area (Å²) in [6.07, 6.45) is -8.74. The average molecular weight is 460 g/mol. The Morgan fingerprint density at radius 3 is 1.90 bits per heavy atom. The van der Waals surface area contributed by atoms with Crippen LogP contribution in [0.15, 0.2) is 47.4 Å². The Labute approximate surface area is 174 Å². The van der Waals surface area contributed by atoms with E-state index in [1.165, 1.54) is 30.3 Å². The van der Waals surface area contributed by atoms with Crippen LogP contribution in [0, 0.1) is 0 Å². The molecule has 3 amide bonds. The first kappa shape index (κ1) is 22.4. The summed E-state index contributed by atoms with van der Waals surface area (Å²) >= 11 is 0.695. The van der Waals surface area contributed by atoms with Crippen LogP contribution >= 0.6 is 11.8 Å². The van der Waals surface area contributed by atoms with E-state index in [2.05, 4.69) is 10.6 Å². The number of hydrogen-bond acceptors (Lipinski definition) is 4. The zero-order chi connectivity index (χ0) is 23.0. The summed E-state index contributed by atoms with van der Waals surface area (Å²) in [5.41, 5.74) is -3.44. The minimum atomic E-state index is -5.07. The van der Waals surface area contributed by atoms with E-state index in [0.717, 1.165) is 0 Å². The van der Waals surface area contributed by atoms with Gasteiger partial charge in [-0.2, -0.15) is 26.3 Å². The molecule has 0 unspecified atom stereocenters. The van der Waals surface area contributed by atoms with Gasteiger partial charge in [0.2, 0.25) is 0 Å². The molecule has 31 heavy (non-hydrogen) atoms. The number of thioether (sulfide) groups is 1. The molecule has 0 radical (unpaired) electrons. The maximum Gasteiger partial charge on any atom is 0.416 e. The minimum absolute atomic E-state index is 0.0685. The summed E-state index contributed by atoms with van der Waals surface area (Å²) < 4.78 is 77.6. The fourth-order valence-electron chi connectivity index (χ4n) is 2.52. The molecule has 0 aliphatic carbocycles. The van der Waals surface area contributed by atoms with E-state index >= 15 is 0 Å². The first-order valence-corrected chi connectivity index (χ1v) is 9.10. The van der Waals surface area contributed by atoms with Crippen molar-refractivity contribution in [2.75, 3.05) is 5.32 Å². The van der Waals surface area contributed by atoms with Gasteiger partial charge in [0.1, 0.15) is 0 Å². The van der Waals surface area contributed by atoms with E-state index in [0.29, 0.717) is 29.5 Å². The van der Waals surface area contributed by atoms with E-state index in [1.807, 2.05) is 0 Å². The van der Waals surface area contributed by atoms with Crippen LogP contribution in [-0.4, -0.2) is 17.1 Å². The van der Waals surface area contributed by atoms with E-state index in [4.69, 9.17) is 0 Å². The van der Waals surface area contributed by atoms with E-state index in [9.17, 15) is 40.7 Å². The van der Waals surface area contributed by atoms with Gasteiger partial charge in [0.05, 0.1) is 16.0 Å². The summed E-state index contributed by atoms with van der Waals surface area (Å²) in [4.78, 5) is 35.1. The van der Waals surface area contributed by atoms with Gasteiger partial charge in [0.15, 0.2) is 0 Å². The van der Waals surface area contributed by atoms with Gasteiger partial charge in [-0.05, 0) is 53.7 Å². The number of nitrogens with one attached hydrogen (secondary N) is 2. The molecule has 0 saturated carbocycles. The van der Waals surface area contributed by atoms with Crippen molar-refractivity contribution in [1.29, 1.82) is 0 Å². The standard InChI is InChI=1S/C19H10F6N2O3S/c20-18(21,22)11-6-10(7-12(8-11)19(23,24)25)15(28)26-13-3-1-9(2-4-13)5-14-16(29)27-17(30)31-14/h1-8H,(H,26,28)(H,27,29,30)/b14-5-. The molecule has 0 bridgehead atoms. The zero-order valence-corrected chi connectivity index (χ0v) is 15.8. The smallest absolute Gasteiger partial charge is 0.322 e. The lowest BCUT2D eigenvalue weighted by Gasteiger charge is -2.14. The number of carbonyl (C=O) groups excluding carboxylic acids is 3. The Hall–Kier alpha value is -3.28. The number of benzene rings is 2. The third kappa shape index (κ3) is 5.45. The number of halogens is 6. The highest BCUT2D eigenvalue weighted by Crippen LogP contribution is 2.36. The molecule has 1 saturated heterocycles. The average Bonchev–Trinajstić information content (AvgIpc) is 2.98. The Morgan fingerprint density at radius 1 is 0.903 bits per heavy atom. The third-order valence-electron chi connectivity index (χ3n) is 3.96. The maximum absolute atomic E-state index is 12.9. The predicted molar refractivity (Wildman–Crippen MR) is 99.9 cm³/mol. The highest BCUT2D eigenvalue weighted by atomic mass is 32.2. The Bertz CT molecular complexity index is 1060. The summed E-state index contributed by atoms with van der Waals surface area (Å²) in [7, 11) is 0. The molecule has 3 rings (SSSR count). The lowest BCUT2D eigenvalue weighted by molar-refractivity contribution is -0.143. The zero-order valence-electron chi connectivity index (χ0n) is 15.0. The Morgan fingerprint density at radius 2 is 1.45 bits per heavy atom. The lowest BCUT2D eigenvalue weighted by Crippen LogP contribution is -2.17. The topological polar surface area (TPSA) is 75.3 Å². The number of anilines is 1. The van der Waals surface area contributed by atoms with Crippen molar-refractivity contribution >= 4 is 40.6 Å². The van der Waals surface area contributed by atoms with Crippen LogP contribution in [0.5, 0.6) is 0 Å². The summed E-state index contributed by atoms with van der Waals surface area (Å²) in [6.45, 7) is 0. The molecule has 2 N–H and O–H groups in total. The van der Waals surface area contributed by atoms with Crippen molar-refractivity contribution < 1.29 is 40.7 Å². The molecule has 1 heterocycles. The molecule has 2 aromatic rings. The minimum Gasteiger partial charge on any atom is -0.322 e. The van der Waals surface area contributed by atoms with Gasteiger partial charge in [0, 0.05) is 11.3 Å². The highest BCUT2D eigenvalue weighted by molar-refractivity contribution is 8.18. The third-order valence-corrected chi connectivity index (χ3v) is 4.77. The van der Waals surface area contributed by atoms with Gasteiger partial charge in [-0.3, -0.25) is 19.7 Å². The van der Waals surface area contributed by atoms with Crippen LogP contribution in [0.2, 0.25) is 0 Å². The predicted octanol–water partition coefficient (Wildman–Crippen LogP) is 5.30. The van der Waals surface area contributed by atoms with Crippen LogP contribution < -0.4 is 10.6 Å². The number of hydrogen-bond donors (Lipinski definition) is 2. The molecule has 1 fully saturated rings. The van der Waals surface area contributed by atoms with Gasteiger partial charge in [0.25, 0.3) is 17.1 Å². The normalized spacial score (nSPS) is 15.9. The second-order valence-corrected chi connectivity index (χ2v) is 7.24. The fourth-order valence-corrected chi connectivity index (χ4v) is 3.21. The van der Waals surface area contributed by atoms with Crippen LogP contribution in [0.1, 0.15) is 27.0 Å². The van der Waals surface area contributed by atoms with E-state index in [1.54, 1.807) is 0 Å². The monoisotopic (exact) mass is 460 g/mol. The fraction of sp³-hybridized carbons (Fsp3) is 0.105. The van der Waals surface area contributed by atoms with Crippen LogP contribution in [0.25, 0.3) is 6.08 Å². The first-order valence-electron chi connectivity index (χ1n) is 8.29. The van der Waals surface area contributed by atoms with Gasteiger partial charge in [-0.1, -0.05) is 12.1 Å². The van der Waals surface area contributed by atoms with Gasteiger partial charge in [-0.15, -0.1) is 0 Å². The van der Waals surface area contributed by atoms with Crippen LogP contribution in [0.3, 0.4) is 0 Å². The van der Waals surface area contributed by atoms with Gasteiger partial charge >= 0.3 is 12.4 Å². The van der Waals surface area contributed by atoms with Crippen molar-refractivity contribution in [2.45, 2.75) is 12.4 Å². The molecule has 2 aromatic carbocycles. The Kier molecular flexibility index (Phi) is 5.85. The number of amides is 3. The van der Waals surface area contributed by atoms with E-state index in [-0.39, 0.29) is 16.7 Å². The van der Waals surface area contributed by atoms with Crippen LogP contribution in [0.4, 0.5) is 36.8 Å². The van der Waals surface area contributed by atoms with Crippen molar-refractivity contribution in [3.8, 4) is 0 Å². The number of carbonyl (C=O) groups is 3. The summed E-state index contributed by atoms with van der Waals surface area (Å²) in [5, 5.41) is 3.76. The molecular formula is C19H10F6N2O3S. The second-order valence-electron chi connectivity index (χ2n) is 6.22. The van der Waals surface area contributed by atoms with Gasteiger partial charge in [-0.25, -0.2) is 0 Å². The molecule has 12 heteroatoms. The number of alkyl halides is 6. The quantitative estimate of drug-likeness (QED) is 0.482. The van der Waals surface area contributed by atoms with Crippen molar-refractivity contribution in [2.24, 2.45) is 0 Å². The summed E-state index contributed by atoms with van der Waals surface area (Å²) in [6, 6.07) is 6.14. The molecular weight excluding hydrogens is 450 g/mol. The number of rotatable bonds is 3. The second kappa shape index (κ2) is 8.10. The SMILES string of the molecule is O=C1NC(=O)/C(=C/c2ccc(NC(=O)c3cc(C(F)(F)F)cc(C(F)(F)F)c3)cc2)S1. The molecule has 5 nitrogen and oxygen atoms in total. The molecule has 1 aliphatic rings. The largest absolute Gasteiger partial charge is 0.416 e. The number of imide groups is 1. The van der Waals surface area contributed by atoms with Crippen molar-refractivity contribution in [3.05, 3.63) is 69.6 Å².